The van der Waals surface area contributed by atoms with Crippen LogP contribution in [0.5, 0.6) is 0 Å². The molecule has 0 unspecified atom stereocenters. The van der Waals surface area contributed by atoms with Gasteiger partial charge in [-0.2, -0.15) is 5.32 Å². The second-order valence-corrected chi connectivity index (χ2v) is 2.28. The first-order valence-electron chi connectivity index (χ1n) is 4.18. The quantitative estimate of drug-likeness (QED) is 0.451. The number of nitrogens with zero attached hydrogens (tertiary/aromatic N) is 1. The summed E-state index contributed by atoms with van der Waals surface area (Å²) in [6.07, 6.45) is 0. The highest BCUT2D eigenvalue weighted by Gasteiger charge is 1.89. The SMILES string of the molecule is COCCOC[N]COCCOC. The lowest BCUT2D eigenvalue weighted by Crippen LogP contribution is -2.17. The third-order valence-corrected chi connectivity index (χ3v) is 1.23. The van der Waals surface area contributed by atoms with E-state index in [1.165, 1.54) is 0 Å². The van der Waals surface area contributed by atoms with Crippen molar-refractivity contribution >= 4 is 0 Å². The van der Waals surface area contributed by atoms with E-state index in [1.54, 1.807) is 14.2 Å². The zero-order valence-corrected chi connectivity index (χ0v) is 8.32. The van der Waals surface area contributed by atoms with E-state index in [2.05, 4.69) is 5.32 Å². The molecule has 0 aliphatic carbocycles. The Kier molecular flexibility index (Phi) is 11.6. The maximum atomic E-state index is 5.08. The smallest absolute Gasteiger partial charge is 0.115 e. The predicted molar refractivity (Wildman–Crippen MR) is 47.5 cm³/mol. The molecule has 0 rings (SSSR count). The van der Waals surface area contributed by atoms with Gasteiger partial charge in [-0.05, 0) is 0 Å². The first-order valence-corrected chi connectivity index (χ1v) is 4.18. The molecule has 1 radical (unpaired) electrons. The zero-order chi connectivity index (χ0) is 9.78. The van der Waals surface area contributed by atoms with Gasteiger partial charge >= 0.3 is 0 Å². The van der Waals surface area contributed by atoms with E-state index in [1.807, 2.05) is 0 Å². The fourth-order valence-electron chi connectivity index (χ4n) is 0.580. The summed E-state index contributed by atoms with van der Waals surface area (Å²) >= 11 is 0. The van der Waals surface area contributed by atoms with Crippen molar-refractivity contribution in [1.82, 2.24) is 5.32 Å². The summed E-state index contributed by atoms with van der Waals surface area (Å²) in [5, 5.41) is 3.96. The fraction of sp³-hybridized carbons (Fsp3) is 1.00. The lowest BCUT2D eigenvalue weighted by atomic mass is 10.8. The molecule has 0 aliphatic heterocycles. The summed E-state index contributed by atoms with van der Waals surface area (Å²) in [6.45, 7) is 3.04. The molecule has 0 heterocycles. The molecule has 0 saturated heterocycles. The number of methoxy groups -OCH3 is 2. The van der Waals surface area contributed by atoms with Gasteiger partial charge in [-0.1, -0.05) is 0 Å². The average molecular weight is 192 g/mol. The van der Waals surface area contributed by atoms with Crippen LogP contribution in [0.1, 0.15) is 0 Å². The molecule has 0 fully saturated rings. The number of hydrogen-bond acceptors (Lipinski definition) is 4. The molecule has 0 N–H and O–H groups in total. The normalized spacial score (nSPS) is 10.6. The van der Waals surface area contributed by atoms with E-state index in [0.29, 0.717) is 39.9 Å². The van der Waals surface area contributed by atoms with Gasteiger partial charge in [-0.15, -0.1) is 0 Å². The fourth-order valence-corrected chi connectivity index (χ4v) is 0.580. The van der Waals surface area contributed by atoms with Crippen molar-refractivity contribution < 1.29 is 18.9 Å². The Morgan fingerprint density at radius 3 is 1.62 bits per heavy atom. The van der Waals surface area contributed by atoms with Gasteiger partial charge in [0.05, 0.1) is 26.4 Å². The highest BCUT2D eigenvalue weighted by molar-refractivity contribution is 4.29. The van der Waals surface area contributed by atoms with Crippen molar-refractivity contribution in [1.29, 1.82) is 0 Å². The number of rotatable bonds is 10. The van der Waals surface area contributed by atoms with Crippen molar-refractivity contribution in [2.75, 3.05) is 54.1 Å². The van der Waals surface area contributed by atoms with Crippen LogP contribution in [0.25, 0.3) is 0 Å². The molecule has 0 atom stereocenters. The predicted octanol–water partition coefficient (Wildman–Crippen LogP) is -0.168. The van der Waals surface area contributed by atoms with Gasteiger partial charge in [0.25, 0.3) is 0 Å². The monoisotopic (exact) mass is 192 g/mol. The molecule has 0 aliphatic rings. The largest absolute Gasteiger partial charge is 0.382 e. The van der Waals surface area contributed by atoms with Gasteiger partial charge in [0.15, 0.2) is 0 Å². The average Bonchev–Trinajstić information content (AvgIpc) is 2.16. The molecule has 0 bridgehead atoms. The minimum atomic E-state index is 0.357. The molecule has 0 aromatic carbocycles. The second kappa shape index (κ2) is 11.8. The van der Waals surface area contributed by atoms with Crippen molar-refractivity contribution in [3.05, 3.63) is 0 Å². The highest BCUT2D eigenvalue weighted by Crippen LogP contribution is 1.77. The Balaban J connectivity index is 2.76. The summed E-state index contributed by atoms with van der Waals surface area (Å²) in [5.41, 5.74) is 0. The summed E-state index contributed by atoms with van der Waals surface area (Å²) in [5.74, 6) is 0. The van der Waals surface area contributed by atoms with Crippen LogP contribution in [-0.2, 0) is 18.9 Å². The van der Waals surface area contributed by atoms with E-state index < -0.39 is 0 Å². The highest BCUT2D eigenvalue weighted by atomic mass is 16.5. The third kappa shape index (κ3) is 11.8. The zero-order valence-electron chi connectivity index (χ0n) is 8.32. The van der Waals surface area contributed by atoms with E-state index in [9.17, 15) is 0 Å². The van der Waals surface area contributed by atoms with Gasteiger partial charge in [0.1, 0.15) is 13.5 Å². The van der Waals surface area contributed by atoms with Gasteiger partial charge in [0.2, 0.25) is 0 Å². The molecular weight excluding hydrogens is 174 g/mol. The molecule has 5 heteroatoms. The molecule has 0 amide bonds. The van der Waals surface area contributed by atoms with Crippen LogP contribution in [0, 0.1) is 0 Å². The van der Waals surface area contributed by atoms with Crippen LogP contribution < -0.4 is 5.32 Å². The molecule has 0 aromatic rings. The van der Waals surface area contributed by atoms with E-state index >= 15 is 0 Å². The lowest BCUT2D eigenvalue weighted by molar-refractivity contribution is 0.0192. The van der Waals surface area contributed by atoms with Crippen LogP contribution in [0.3, 0.4) is 0 Å². The van der Waals surface area contributed by atoms with Crippen LogP contribution in [-0.4, -0.2) is 54.1 Å². The first-order chi connectivity index (χ1) is 6.41. The summed E-state index contributed by atoms with van der Waals surface area (Å²) in [4.78, 5) is 0. The van der Waals surface area contributed by atoms with Crippen molar-refractivity contribution in [2.24, 2.45) is 0 Å². The maximum absolute atomic E-state index is 5.08. The third-order valence-electron chi connectivity index (χ3n) is 1.23. The van der Waals surface area contributed by atoms with Gasteiger partial charge in [-0.25, -0.2) is 0 Å². The molecule has 79 valence electrons. The molecular formula is C8H18NO4. The van der Waals surface area contributed by atoms with Crippen molar-refractivity contribution in [3.63, 3.8) is 0 Å². The van der Waals surface area contributed by atoms with Crippen LogP contribution in [0.15, 0.2) is 0 Å². The standard InChI is InChI=1S/C8H18NO4/c1-10-3-5-12-7-9-8-13-6-4-11-2/h3-8H2,1-2H3. The first kappa shape index (κ1) is 12.8. The molecule has 0 spiro atoms. The van der Waals surface area contributed by atoms with E-state index in [4.69, 9.17) is 18.9 Å². The Morgan fingerprint density at radius 1 is 0.769 bits per heavy atom. The topological polar surface area (TPSA) is 51.0 Å². The van der Waals surface area contributed by atoms with E-state index in [-0.39, 0.29) is 0 Å². The molecule has 0 aromatic heterocycles. The minimum Gasteiger partial charge on any atom is -0.382 e. The Morgan fingerprint density at radius 2 is 1.23 bits per heavy atom. The van der Waals surface area contributed by atoms with Crippen LogP contribution in [0.4, 0.5) is 0 Å². The minimum absolute atomic E-state index is 0.357. The summed E-state index contributed by atoms with van der Waals surface area (Å²) in [7, 11) is 3.27. The van der Waals surface area contributed by atoms with E-state index in [0.717, 1.165) is 0 Å². The number of hydrogen-bond donors (Lipinski definition) is 0. The molecule has 5 nitrogen and oxygen atoms in total. The van der Waals surface area contributed by atoms with Gasteiger partial charge < -0.3 is 18.9 Å². The molecule has 0 saturated carbocycles. The summed E-state index contributed by atoms with van der Waals surface area (Å²) < 4.78 is 19.7. The van der Waals surface area contributed by atoms with Gasteiger partial charge in [-0.3, -0.25) is 0 Å². The second-order valence-electron chi connectivity index (χ2n) is 2.28. The van der Waals surface area contributed by atoms with Crippen molar-refractivity contribution in [2.45, 2.75) is 0 Å². The lowest BCUT2D eigenvalue weighted by Gasteiger charge is -2.04. The Hall–Kier alpha value is -0.200. The van der Waals surface area contributed by atoms with Crippen LogP contribution in [0.2, 0.25) is 0 Å². The Bertz CT molecular complexity index is 82.2. The number of ether oxygens (including phenoxy) is 4. The van der Waals surface area contributed by atoms with Crippen molar-refractivity contribution in [3.8, 4) is 0 Å². The maximum Gasteiger partial charge on any atom is 0.115 e. The Labute approximate surface area is 79.3 Å². The summed E-state index contributed by atoms with van der Waals surface area (Å²) in [6, 6.07) is 0. The van der Waals surface area contributed by atoms with Crippen LogP contribution >= 0.6 is 0 Å². The molecule has 13 heavy (non-hydrogen) atoms. The van der Waals surface area contributed by atoms with Gasteiger partial charge in [0, 0.05) is 14.2 Å².